The number of hydrogen-bond donors (Lipinski definition) is 2. The Hall–Kier alpha value is -1.10. The van der Waals surface area contributed by atoms with Gasteiger partial charge in [-0.05, 0) is 33.2 Å². The standard InChI is InChI=1S/C13H25N3O2/c1-3-16(4-2)12(17)8-10-15-13(18)11-7-5-6-9-14-11/h11,14H,3-10H2,1-2H3,(H,15,18)/t11-/m1/s1. The predicted octanol–water partition coefficient (Wildman–Crippen LogP) is 0.503. The molecule has 0 aromatic heterocycles. The minimum absolute atomic E-state index is 0.0297. The summed E-state index contributed by atoms with van der Waals surface area (Å²) in [7, 11) is 0. The van der Waals surface area contributed by atoms with E-state index in [1.807, 2.05) is 13.8 Å². The van der Waals surface area contributed by atoms with Crippen LogP contribution in [-0.4, -0.2) is 48.9 Å². The van der Waals surface area contributed by atoms with Gasteiger partial charge in [-0.2, -0.15) is 0 Å². The third kappa shape index (κ3) is 4.64. The van der Waals surface area contributed by atoms with Crippen LogP contribution in [0.2, 0.25) is 0 Å². The van der Waals surface area contributed by atoms with Crippen LogP contribution in [0, 0.1) is 0 Å². The molecule has 104 valence electrons. The lowest BCUT2D eigenvalue weighted by atomic mass is 10.0. The Kier molecular flexibility index (Phi) is 6.72. The molecular weight excluding hydrogens is 230 g/mol. The number of rotatable bonds is 6. The van der Waals surface area contributed by atoms with E-state index in [4.69, 9.17) is 0 Å². The second kappa shape index (κ2) is 8.08. The van der Waals surface area contributed by atoms with Crippen LogP contribution in [0.1, 0.15) is 39.5 Å². The molecule has 1 saturated heterocycles. The summed E-state index contributed by atoms with van der Waals surface area (Å²) in [6.07, 6.45) is 3.53. The molecule has 0 saturated carbocycles. The van der Waals surface area contributed by atoms with E-state index >= 15 is 0 Å². The lowest BCUT2D eigenvalue weighted by molar-refractivity contribution is -0.130. The van der Waals surface area contributed by atoms with Crippen molar-refractivity contribution in [2.45, 2.75) is 45.6 Å². The first kappa shape index (κ1) is 15.0. The lowest BCUT2D eigenvalue weighted by Crippen LogP contribution is -2.47. The van der Waals surface area contributed by atoms with Crippen molar-refractivity contribution < 1.29 is 9.59 Å². The van der Waals surface area contributed by atoms with Crippen molar-refractivity contribution >= 4 is 11.8 Å². The number of hydrogen-bond acceptors (Lipinski definition) is 3. The van der Waals surface area contributed by atoms with Gasteiger partial charge in [0.05, 0.1) is 6.04 Å². The first-order chi connectivity index (χ1) is 8.69. The van der Waals surface area contributed by atoms with E-state index in [0.29, 0.717) is 13.0 Å². The van der Waals surface area contributed by atoms with Gasteiger partial charge in [0.25, 0.3) is 0 Å². The fourth-order valence-corrected chi connectivity index (χ4v) is 2.23. The van der Waals surface area contributed by atoms with Gasteiger partial charge < -0.3 is 15.5 Å². The van der Waals surface area contributed by atoms with Gasteiger partial charge in [0, 0.05) is 26.1 Å². The lowest BCUT2D eigenvalue weighted by Gasteiger charge is -2.23. The maximum atomic E-state index is 11.8. The molecule has 2 N–H and O–H groups in total. The summed E-state index contributed by atoms with van der Waals surface area (Å²) in [4.78, 5) is 25.3. The number of carbonyl (C=O) groups is 2. The van der Waals surface area contributed by atoms with Crippen LogP contribution >= 0.6 is 0 Å². The SMILES string of the molecule is CCN(CC)C(=O)CCNC(=O)[C@H]1CCCCN1. The van der Waals surface area contributed by atoms with Gasteiger partial charge in [0.15, 0.2) is 0 Å². The molecule has 0 radical (unpaired) electrons. The molecule has 1 aliphatic heterocycles. The zero-order chi connectivity index (χ0) is 13.4. The Morgan fingerprint density at radius 3 is 2.56 bits per heavy atom. The minimum atomic E-state index is -0.0673. The van der Waals surface area contributed by atoms with Crippen molar-refractivity contribution in [3.05, 3.63) is 0 Å². The molecule has 0 unspecified atom stereocenters. The highest BCUT2D eigenvalue weighted by Gasteiger charge is 2.20. The van der Waals surface area contributed by atoms with Gasteiger partial charge >= 0.3 is 0 Å². The number of amides is 2. The Morgan fingerprint density at radius 1 is 1.28 bits per heavy atom. The maximum absolute atomic E-state index is 11.8. The summed E-state index contributed by atoms with van der Waals surface area (Å²) >= 11 is 0. The van der Waals surface area contributed by atoms with Gasteiger partial charge in [0.1, 0.15) is 0 Å². The number of piperidine rings is 1. The molecule has 0 spiro atoms. The van der Waals surface area contributed by atoms with E-state index in [-0.39, 0.29) is 17.9 Å². The first-order valence-electron chi connectivity index (χ1n) is 6.97. The molecule has 1 fully saturated rings. The molecule has 18 heavy (non-hydrogen) atoms. The topological polar surface area (TPSA) is 61.4 Å². The largest absolute Gasteiger partial charge is 0.354 e. The Bertz CT molecular complexity index is 271. The summed E-state index contributed by atoms with van der Waals surface area (Å²) in [6, 6.07) is -0.0673. The molecule has 0 bridgehead atoms. The van der Waals surface area contributed by atoms with Crippen LogP contribution in [0.15, 0.2) is 0 Å². The van der Waals surface area contributed by atoms with Gasteiger partial charge in [-0.15, -0.1) is 0 Å². The van der Waals surface area contributed by atoms with Gasteiger partial charge in [-0.25, -0.2) is 0 Å². The molecule has 0 aromatic carbocycles. The summed E-state index contributed by atoms with van der Waals surface area (Å²) in [5.41, 5.74) is 0. The quantitative estimate of drug-likeness (QED) is 0.726. The van der Waals surface area contributed by atoms with Crippen molar-refractivity contribution in [2.24, 2.45) is 0 Å². The molecule has 0 aromatic rings. The van der Waals surface area contributed by atoms with Gasteiger partial charge in [0.2, 0.25) is 11.8 Å². The van der Waals surface area contributed by atoms with E-state index in [0.717, 1.165) is 38.9 Å². The average Bonchev–Trinajstić information content (AvgIpc) is 2.41. The van der Waals surface area contributed by atoms with E-state index in [9.17, 15) is 9.59 Å². The molecule has 0 aliphatic carbocycles. The highest BCUT2D eigenvalue weighted by atomic mass is 16.2. The smallest absolute Gasteiger partial charge is 0.237 e. The van der Waals surface area contributed by atoms with E-state index in [2.05, 4.69) is 10.6 Å². The average molecular weight is 255 g/mol. The summed E-state index contributed by atoms with van der Waals surface area (Å²) in [5, 5.41) is 6.03. The Balaban J connectivity index is 2.20. The summed E-state index contributed by atoms with van der Waals surface area (Å²) in [6.45, 7) is 6.74. The fourth-order valence-electron chi connectivity index (χ4n) is 2.23. The van der Waals surface area contributed by atoms with Crippen molar-refractivity contribution in [3.63, 3.8) is 0 Å². The number of nitrogens with one attached hydrogen (secondary N) is 2. The van der Waals surface area contributed by atoms with Gasteiger partial charge in [-0.1, -0.05) is 6.42 Å². The maximum Gasteiger partial charge on any atom is 0.237 e. The zero-order valence-corrected chi connectivity index (χ0v) is 11.5. The third-order valence-corrected chi connectivity index (χ3v) is 3.38. The fraction of sp³-hybridized carbons (Fsp3) is 0.846. The third-order valence-electron chi connectivity index (χ3n) is 3.38. The summed E-state index contributed by atoms with van der Waals surface area (Å²) in [5.74, 6) is 0.138. The van der Waals surface area contributed by atoms with Crippen molar-refractivity contribution in [3.8, 4) is 0 Å². The van der Waals surface area contributed by atoms with Crippen molar-refractivity contribution in [2.75, 3.05) is 26.2 Å². The molecule has 2 amide bonds. The Morgan fingerprint density at radius 2 is 2.00 bits per heavy atom. The van der Waals surface area contributed by atoms with Gasteiger partial charge in [-0.3, -0.25) is 9.59 Å². The van der Waals surface area contributed by atoms with Crippen molar-refractivity contribution in [1.82, 2.24) is 15.5 Å². The molecule has 1 aliphatic rings. The Labute approximate surface area is 109 Å². The zero-order valence-electron chi connectivity index (χ0n) is 11.5. The van der Waals surface area contributed by atoms with Crippen LogP contribution in [0.25, 0.3) is 0 Å². The van der Waals surface area contributed by atoms with E-state index < -0.39 is 0 Å². The predicted molar refractivity (Wildman–Crippen MR) is 71.2 cm³/mol. The van der Waals surface area contributed by atoms with E-state index in [1.165, 1.54) is 0 Å². The normalized spacial score (nSPS) is 19.3. The first-order valence-corrected chi connectivity index (χ1v) is 6.97. The van der Waals surface area contributed by atoms with Crippen LogP contribution in [0.5, 0.6) is 0 Å². The molecule has 5 nitrogen and oxygen atoms in total. The molecule has 1 atom stereocenters. The molecule has 5 heteroatoms. The number of carbonyl (C=O) groups excluding carboxylic acids is 2. The molecule has 1 heterocycles. The molecule has 1 rings (SSSR count). The number of nitrogens with zero attached hydrogens (tertiary/aromatic N) is 1. The second-order valence-corrected chi connectivity index (χ2v) is 4.61. The van der Waals surface area contributed by atoms with Crippen molar-refractivity contribution in [1.29, 1.82) is 0 Å². The minimum Gasteiger partial charge on any atom is -0.354 e. The van der Waals surface area contributed by atoms with E-state index in [1.54, 1.807) is 4.90 Å². The highest BCUT2D eigenvalue weighted by molar-refractivity contribution is 5.82. The monoisotopic (exact) mass is 255 g/mol. The highest BCUT2D eigenvalue weighted by Crippen LogP contribution is 2.06. The second-order valence-electron chi connectivity index (χ2n) is 4.61. The van der Waals surface area contributed by atoms with Crippen LogP contribution in [0.3, 0.4) is 0 Å². The van der Waals surface area contributed by atoms with Crippen LogP contribution in [-0.2, 0) is 9.59 Å². The van der Waals surface area contributed by atoms with Crippen LogP contribution in [0.4, 0.5) is 0 Å². The van der Waals surface area contributed by atoms with Crippen LogP contribution < -0.4 is 10.6 Å². The summed E-state index contributed by atoms with van der Waals surface area (Å²) < 4.78 is 0. The molecular formula is C13H25N3O2.